The van der Waals surface area contributed by atoms with Gasteiger partial charge in [0.05, 0.1) is 11.9 Å². The van der Waals surface area contributed by atoms with Crippen LogP contribution in [0.5, 0.6) is 0 Å². The van der Waals surface area contributed by atoms with Crippen LogP contribution in [-0.4, -0.2) is 26.9 Å². The molecule has 0 atom stereocenters. The van der Waals surface area contributed by atoms with E-state index in [1.807, 2.05) is 6.07 Å². The van der Waals surface area contributed by atoms with Gasteiger partial charge in [-0.3, -0.25) is 14.6 Å². The van der Waals surface area contributed by atoms with Crippen molar-refractivity contribution in [3.8, 4) is 11.8 Å². The molecule has 0 radical (unpaired) electrons. The average Bonchev–Trinajstić information content (AvgIpc) is 2.70. The number of rotatable bonds is 4. The second-order valence-electron chi connectivity index (χ2n) is 5.49. The van der Waals surface area contributed by atoms with Gasteiger partial charge in [-0.2, -0.15) is 20.1 Å². The van der Waals surface area contributed by atoms with E-state index in [4.69, 9.17) is 0 Å². The van der Waals surface area contributed by atoms with Gasteiger partial charge in [0.15, 0.2) is 5.69 Å². The summed E-state index contributed by atoms with van der Waals surface area (Å²) < 4.78 is 1.03. The fourth-order valence-corrected chi connectivity index (χ4v) is 2.36. The molecule has 1 N–H and O–H groups in total. The minimum Gasteiger partial charge on any atom is -0.266 e. The summed E-state index contributed by atoms with van der Waals surface area (Å²) in [5, 5.41) is 17.4. The standard InChI is InChI=1S/C19H14N6O2/c1-13-16(11-20)19(27)25(15-5-3-2-4-6-15)24-17(13)18(26)23-22-12-14-7-9-21-10-8-14/h2-10,12H,1H3,(H,23,26)/b22-12+. The largest absolute Gasteiger partial charge is 0.292 e. The van der Waals surface area contributed by atoms with Crippen LogP contribution < -0.4 is 11.0 Å². The van der Waals surface area contributed by atoms with Crippen molar-refractivity contribution >= 4 is 12.1 Å². The summed E-state index contributed by atoms with van der Waals surface area (Å²) in [5.74, 6) is -0.626. The van der Waals surface area contributed by atoms with Gasteiger partial charge in [0, 0.05) is 18.0 Å². The molecule has 0 unspecified atom stereocenters. The van der Waals surface area contributed by atoms with Gasteiger partial charge >= 0.3 is 0 Å². The maximum Gasteiger partial charge on any atom is 0.292 e. The van der Waals surface area contributed by atoms with Crippen LogP contribution in [0.15, 0.2) is 64.8 Å². The first-order chi connectivity index (χ1) is 13.1. The lowest BCUT2D eigenvalue weighted by molar-refractivity contribution is 0.0947. The normalized spacial score (nSPS) is 10.5. The molecule has 0 saturated carbocycles. The van der Waals surface area contributed by atoms with Crippen LogP contribution in [-0.2, 0) is 0 Å². The minimum absolute atomic E-state index is 0.0538. The number of nitriles is 1. The van der Waals surface area contributed by atoms with E-state index in [9.17, 15) is 14.9 Å². The zero-order chi connectivity index (χ0) is 19.2. The molecule has 3 aromatic rings. The molecule has 0 aliphatic carbocycles. The number of carbonyl (C=O) groups is 1. The Balaban J connectivity index is 1.97. The molecule has 0 fully saturated rings. The van der Waals surface area contributed by atoms with Gasteiger partial charge in [-0.15, -0.1) is 0 Å². The minimum atomic E-state index is -0.626. The van der Waals surface area contributed by atoms with Crippen molar-refractivity contribution in [1.29, 1.82) is 5.26 Å². The lowest BCUT2D eigenvalue weighted by Crippen LogP contribution is -2.31. The van der Waals surface area contributed by atoms with Crippen LogP contribution in [0.3, 0.4) is 0 Å². The van der Waals surface area contributed by atoms with Gasteiger partial charge in [-0.1, -0.05) is 18.2 Å². The number of pyridine rings is 1. The van der Waals surface area contributed by atoms with Crippen molar-refractivity contribution in [2.24, 2.45) is 5.10 Å². The molecular formula is C19H14N6O2. The van der Waals surface area contributed by atoms with Crippen molar-refractivity contribution in [3.05, 3.63) is 87.6 Å². The first-order valence-electron chi connectivity index (χ1n) is 7.94. The van der Waals surface area contributed by atoms with Gasteiger partial charge in [-0.25, -0.2) is 5.43 Å². The van der Waals surface area contributed by atoms with Crippen molar-refractivity contribution in [1.82, 2.24) is 20.2 Å². The average molecular weight is 358 g/mol. The Bertz CT molecular complexity index is 1100. The molecule has 27 heavy (non-hydrogen) atoms. The van der Waals surface area contributed by atoms with Crippen molar-refractivity contribution in [2.75, 3.05) is 0 Å². The molecule has 132 valence electrons. The Morgan fingerprint density at radius 2 is 1.93 bits per heavy atom. The molecule has 0 spiro atoms. The van der Waals surface area contributed by atoms with Crippen LogP contribution in [0.2, 0.25) is 0 Å². The third-order valence-electron chi connectivity index (χ3n) is 3.75. The number of aromatic nitrogens is 3. The van der Waals surface area contributed by atoms with Crippen molar-refractivity contribution in [3.63, 3.8) is 0 Å². The summed E-state index contributed by atoms with van der Waals surface area (Å²) in [6.45, 7) is 1.50. The summed E-state index contributed by atoms with van der Waals surface area (Å²) in [6, 6.07) is 13.9. The highest BCUT2D eigenvalue weighted by atomic mass is 16.2. The number of hydrogen-bond acceptors (Lipinski definition) is 6. The van der Waals surface area contributed by atoms with Gasteiger partial charge in [0.1, 0.15) is 11.6 Å². The third kappa shape index (κ3) is 3.77. The van der Waals surface area contributed by atoms with E-state index in [0.717, 1.165) is 10.2 Å². The lowest BCUT2D eigenvalue weighted by atomic mass is 10.1. The fraction of sp³-hybridized carbons (Fsp3) is 0.0526. The van der Waals surface area contributed by atoms with Gasteiger partial charge in [0.25, 0.3) is 11.5 Å². The topological polar surface area (TPSA) is 113 Å². The van der Waals surface area contributed by atoms with Gasteiger partial charge in [0.2, 0.25) is 0 Å². The van der Waals surface area contributed by atoms with E-state index in [2.05, 4.69) is 20.6 Å². The van der Waals surface area contributed by atoms with E-state index in [0.29, 0.717) is 5.69 Å². The van der Waals surface area contributed by atoms with Gasteiger partial charge < -0.3 is 0 Å². The second-order valence-corrected chi connectivity index (χ2v) is 5.49. The number of amides is 1. The van der Waals surface area contributed by atoms with Crippen molar-refractivity contribution in [2.45, 2.75) is 6.92 Å². The highest BCUT2D eigenvalue weighted by Gasteiger charge is 2.19. The number of carbonyl (C=O) groups excluding carboxylic acids is 1. The summed E-state index contributed by atoms with van der Waals surface area (Å²) in [7, 11) is 0. The van der Waals surface area contributed by atoms with Crippen LogP contribution in [0.1, 0.15) is 27.2 Å². The maximum atomic E-state index is 12.5. The molecule has 2 heterocycles. The quantitative estimate of drug-likeness (QED) is 0.562. The predicted octanol–water partition coefficient (Wildman–Crippen LogP) is 1.57. The molecule has 1 aromatic carbocycles. The number of para-hydroxylation sites is 1. The number of hydrogen-bond donors (Lipinski definition) is 1. The Kier molecular flexibility index (Phi) is 5.14. The third-order valence-corrected chi connectivity index (χ3v) is 3.75. The van der Waals surface area contributed by atoms with Crippen LogP contribution in [0, 0.1) is 18.3 Å². The van der Waals surface area contributed by atoms with E-state index in [1.54, 1.807) is 54.9 Å². The van der Waals surface area contributed by atoms with E-state index < -0.39 is 11.5 Å². The molecule has 0 bridgehead atoms. The highest BCUT2D eigenvalue weighted by molar-refractivity contribution is 5.94. The second kappa shape index (κ2) is 7.84. The Hall–Kier alpha value is -4.12. The molecule has 8 heteroatoms. The zero-order valence-corrected chi connectivity index (χ0v) is 14.3. The first-order valence-corrected chi connectivity index (χ1v) is 7.94. The number of benzene rings is 1. The molecule has 3 rings (SSSR count). The van der Waals surface area contributed by atoms with Crippen LogP contribution in [0.4, 0.5) is 0 Å². The smallest absolute Gasteiger partial charge is 0.266 e. The summed E-state index contributed by atoms with van der Waals surface area (Å²) in [6.07, 6.45) is 4.65. The Labute approximate surface area is 154 Å². The Morgan fingerprint density at radius 1 is 1.22 bits per heavy atom. The summed E-state index contributed by atoms with van der Waals surface area (Å²) in [5.41, 5.74) is 2.98. The zero-order valence-electron chi connectivity index (χ0n) is 14.3. The highest BCUT2D eigenvalue weighted by Crippen LogP contribution is 2.10. The molecule has 0 saturated heterocycles. The van der Waals surface area contributed by atoms with Crippen LogP contribution in [0.25, 0.3) is 5.69 Å². The molecular weight excluding hydrogens is 344 g/mol. The summed E-state index contributed by atoms with van der Waals surface area (Å²) >= 11 is 0. The van der Waals surface area contributed by atoms with Gasteiger partial charge in [-0.05, 0) is 36.8 Å². The molecule has 0 aliphatic rings. The van der Waals surface area contributed by atoms with E-state index >= 15 is 0 Å². The molecule has 1 amide bonds. The SMILES string of the molecule is Cc1c(C(=O)N/N=C/c2ccncc2)nn(-c2ccccc2)c(=O)c1C#N. The number of nitrogens with zero attached hydrogens (tertiary/aromatic N) is 5. The fourth-order valence-electron chi connectivity index (χ4n) is 2.36. The number of nitrogens with one attached hydrogen (secondary N) is 1. The number of hydrazone groups is 1. The van der Waals surface area contributed by atoms with E-state index in [1.165, 1.54) is 13.1 Å². The molecule has 0 aliphatic heterocycles. The Morgan fingerprint density at radius 3 is 2.59 bits per heavy atom. The molecule has 8 nitrogen and oxygen atoms in total. The maximum absolute atomic E-state index is 12.5. The lowest BCUT2D eigenvalue weighted by Gasteiger charge is -2.10. The molecule has 2 aromatic heterocycles. The summed E-state index contributed by atoms with van der Waals surface area (Å²) in [4.78, 5) is 28.9. The van der Waals surface area contributed by atoms with Crippen LogP contribution >= 0.6 is 0 Å². The predicted molar refractivity (Wildman–Crippen MR) is 98.6 cm³/mol. The van der Waals surface area contributed by atoms with Crippen molar-refractivity contribution < 1.29 is 4.79 Å². The first kappa shape index (κ1) is 17.7. The monoisotopic (exact) mass is 358 g/mol. The van der Waals surface area contributed by atoms with E-state index in [-0.39, 0.29) is 16.8 Å².